The Morgan fingerprint density at radius 3 is 2.80 bits per heavy atom. The van der Waals surface area contributed by atoms with Gasteiger partial charge in [0, 0.05) is 38.2 Å². The number of amides is 1. The number of nitrogens with zero attached hydrogens (tertiary/aromatic N) is 1. The minimum Gasteiger partial charge on any atom is -0.378 e. The number of carbonyl (C=O) groups excluding carboxylic acids is 1. The molecule has 0 radical (unpaired) electrons. The van der Waals surface area contributed by atoms with Crippen LogP contribution >= 0.6 is 0 Å². The fourth-order valence-corrected chi connectivity index (χ4v) is 2.07. The molecule has 1 N–H and O–H groups in total. The number of hydrogen-bond donors (Lipinski definition) is 1. The summed E-state index contributed by atoms with van der Waals surface area (Å²) in [6.07, 6.45) is 0.344. The number of ether oxygens (including phenoxy) is 1. The Morgan fingerprint density at radius 2 is 2.05 bits per heavy atom. The Balaban J connectivity index is 1.70. The zero-order chi connectivity index (χ0) is 14.4. The predicted octanol–water partition coefficient (Wildman–Crippen LogP) is 1.30. The highest BCUT2D eigenvalue weighted by atomic mass is 19.2. The van der Waals surface area contributed by atoms with E-state index in [1.807, 2.05) is 0 Å². The smallest absolute Gasteiger partial charge is 0.224 e. The molecule has 2 rings (SSSR count). The molecule has 0 aromatic heterocycles. The van der Waals surface area contributed by atoms with Gasteiger partial charge in [-0.3, -0.25) is 4.79 Å². The molecule has 0 aliphatic carbocycles. The number of morpholine rings is 1. The molecule has 1 aromatic carbocycles. The second-order valence-electron chi connectivity index (χ2n) is 4.63. The summed E-state index contributed by atoms with van der Waals surface area (Å²) in [6, 6.07) is 4.07. The first-order valence-corrected chi connectivity index (χ1v) is 6.67. The molecular formula is C14H18F2N2O2. The van der Waals surface area contributed by atoms with Crippen molar-refractivity contribution in [1.82, 2.24) is 10.2 Å². The Kier molecular flexibility index (Phi) is 5.43. The number of nitrogens with one attached hydrogen (secondary N) is 1. The highest BCUT2D eigenvalue weighted by Crippen LogP contribution is 2.10. The average Bonchev–Trinajstić information content (AvgIpc) is 2.48. The third-order valence-electron chi connectivity index (χ3n) is 3.23. The van der Waals surface area contributed by atoms with Crippen LogP contribution in [0.2, 0.25) is 0 Å². The Bertz CT molecular complexity index is 462. The fraction of sp³-hybridized carbons (Fsp3) is 0.500. The molecule has 1 aromatic rings. The first-order valence-electron chi connectivity index (χ1n) is 6.67. The second-order valence-corrected chi connectivity index (χ2v) is 4.63. The lowest BCUT2D eigenvalue weighted by atomic mass is 10.2. The molecule has 110 valence electrons. The monoisotopic (exact) mass is 284 g/mol. The van der Waals surface area contributed by atoms with E-state index in [0.717, 1.165) is 6.07 Å². The molecule has 1 fully saturated rings. The third-order valence-corrected chi connectivity index (χ3v) is 3.23. The lowest BCUT2D eigenvalue weighted by Gasteiger charge is -2.26. The molecule has 1 aliphatic rings. The number of rotatable bonds is 5. The first-order chi connectivity index (χ1) is 9.68. The molecule has 1 aliphatic heterocycles. The largest absolute Gasteiger partial charge is 0.378 e. The molecule has 1 saturated heterocycles. The van der Waals surface area contributed by atoms with Gasteiger partial charge < -0.3 is 15.0 Å². The van der Waals surface area contributed by atoms with Crippen molar-refractivity contribution in [2.75, 3.05) is 32.8 Å². The van der Waals surface area contributed by atoms with E-state index in [1.54, 1.807) is 4.90 Å². The summed E-state index contributed by atoms with van der Waals surface area (Å²) in [5, 5.41) is 2.95. The number of benzene rings is 1. The van der Waals surface area contributed by atoms with Gasteiger partial charge >= 0.3 is 0 Å². The van der Waals surface area contributed by atoms with Crippen molar-refractivity contribution in [3.63, 3.8) is 0 Å². The number of halogens is 2. The molecule has 0 spiro atoms. The molecule has 1 amide bonds. The highest BCUT2D eigenvalue weighted by molar-refractivity contribution is 5.76. The minimum absolute atomic E-state index is 0.0560. The van der Waals surface area contributed by atoms with E-state index < -0.39 is 11.6 Å². The summed E-state index contributed by atoms with van der Waals surface area (Å²) in [5.74, 6) is -1.63. The first kappa shape index (κ1) is 14.9. The van der Waals surface area contributed by atoms with Crippen LogP contribution in [0.25, 0.3) is 0 Å². The van der Waals surface area contributed by atoms with Crippen molar-refractivity contribution in [2.45, 2.75) is 13.0 Å². The summed E-state index contributed by atoms with van der Waals surface area (Å²) in [6.45, 7) is 3.04. The lowest BCUT2D eigenvalue weighted by Crippen LogP contribution is -2.41. The molecule has 0 saturated carbocycles. The van der Waals surface area contributed by atoms with Crippen LogP contribution in [0.5, 0.6) is 0 Å². The lowest BCUT2D eigenvalue weighted by molar-refractivity contribution is -0.135. The Labute approximate surface area is 116 Å². The van der Waals surface area contributed by atoms with Crippen molar-refractivity contribution in [2.24, 2.45) is 0 Å². The van der Waals surface area contributed by atoms with E-state index in [2.05, 4.69) is 5.32 Å². The van der Waals surface area contributed by atoms with Crippen LogP contribution in [0.1, 0.15) is 12.0 Å². The van der Waals surface area contributed by atoms with E-state index in [0.29, 0.717) is 39.3 Å². The van der Waals surface area contributed by atoms with E-state index in [1.165, 1.54) is 12.1 Å². The van der Waals surface area contributed by atoms with Gasteiger partial charge in [-0.1, -0.05) is 12.1 Å². The maximum Gasteiger partial charge on any atom is 0.224 e. The van der Waals surface area contributed by atoms with Gasteiger partial charge in [0.15, 0.2) is 11.6 Å². The zero-order valence-electron chi connectivity index (χ0n) is 11.2. The van der Waals surface area contributed by atoms with E-state index >= 15 is 0 Å². The van der Waals surface area contributed by atoms with Crippen LogP contribution in [0, 0.1) is 11.6 Å². The summed E-state index contributed by atoms with van der Waals surface area (Å²) in [4.78, 5) is 13.6. The van der Waals surface area contributed by atoms with Crippen LogP contribution < -0.4 is 5.32 Å². The quantitative estimate of drug-likeness (QED) is 0.829. The number of carbonyl (C=O) groups is 1. The van der Waals surface area contributed by atoms with Gasteiger partial charge in [-0.2, -0.15) is 0 Å². The van der Waals surface area contributed by atoms with Crippen LogP contribution in [0.15, 0.2) is 18.2 Å². The zero-order valence-corrected chi connectivity index (χ0v) is 11.2. The molecule has 0 bridgehead atoms. The van der Waals surface area contributed by atoms with Gasteiger partial charge in [0.2, 0.25) is 5.91 Å². The van der Waals surface area contributed by atoms with Gasteiger partial charge in [0.05, 0.1) is 13.2 Å². The highest BCUT2D eigenvalue weighted by Gasteiger charge is 2.16. The summed E-state index contributed by atoms with van der Waals surface area (Å²) >= 11 is 0. The SMILES string of the molecule is O=C(CCNCc1cccc(F)c1F)N1CCOCC1. The van der Waals surface area contributed by atoms with Gasteiger partial charge in [-0.05, 0) is 6.07 Å². The van der Waals surface area contributed by atoms with Crippen LogP contribution in [0.3, 0.4) is 0 Å². The molecular weight excluding hydrogens is 266 g/mol. The van der Waals surface area contributed by atoms with Gasteiger partial charge in [0.1, 0.15) is 0 Å². The van der Waals surface area contributed by atoms with Crippen molar-refractivity contribution in [1.29, 1.82) is 0 Å². The van der Waals surface area contributed by atoms with Crippen LogP contribution in [-0.4, -0.2) is 43.7 Å². The summed E-state index contributed by atoms with van der Waals surface area (Å²) in [7, 11) is 0. The van der Waals surface area contributed by atoms with Gasteiger partial charge in [-0.15, -0.1) is 0 Å². The van der Waals surface area contributed by atoms with Gasteiger partial charge in [-0.25, -0.2) is 8.78 Å². The van der Waals surface area contributed by atoms with E-state index in [9.17, 15) is 13.6 Å². The number of hydrogen-bond acceptors (Lipinski definition) is 3. The topological polar surface area (TPSA) is 41.6 Å². The maximum atomic E-state index is 13.4. The van der Waals surface area contributed by atoms with E-state index in [-0.39, 0.29) is 18.0 Å². The standard InChI is InChI=1S/C14H18F2N2O2/c15-12-3-1-2-11(14(12)16)10-17-5-4-13(19)18-6-8-20-9-7-18/h1-3,17H,4-10H2. The normalized spacial score (nSPS) is 15.4. The van der Waals surface area contributed by atoms with Crippen molar-refractivity contribution in [3.05, 3.63) is 35.4 Å². The Morgan fingerprint density at radius 1 is 1.30 bits per heavy atom. The molecule has 20 heavy (non-hydrogen) atoms. The van der Waals surface area contributed by atoms with Crippen molar-refractivity contribution in [3.8, 4) is 0 Å². The summed E-state index contributed by atoms with van der Waals surface area (Å²) < 4.78 is 31.5. The molecule has 1 heterocycles. The van der Waals surface area contributed by atoms with Crippen molar-refractivity contribution < 1.29 is 18.3 Å². The average molecular weight is 284 g/mol. The van der Waals surface area contributed by atoms with Crippen LogP contribution in [-0.2, 0) is 16.1 Å². The predicted molar refractivity (Wildman–Crippen MR) is 70.1 cm³/mol. The molecule has 0 unspecified atom stereocenters. The maximum absolute atomic E-state index is 13.4. The van der Waals surface area contributed by atoms with Crippen LogP contribution in [0.4, 0.5) is 8.78 Å². The second kappa shape index (κ2) is 7.31. The van der Waals surface area contributed by atoms with Crippen molar-refractivity contribution >= 4 is 5.91 Å². The van der Waals surface area contributed by atoms with Gasteiger partial charge in [0.25, 0.3) is 0 Å². The molecule has 4 nitrogen and oxygen atoms in total. The Hall–Kier alpha value is -1.53. The minimum atomic E-state index is -0.853. The van der Waals surface area contributed by atoms with E-state index in [4.69, 9.17) is 4.74 Å². The fourth-order valence-electron chi connectivity index (χ4n) is 2.07. The molecule has 0 atom stereocenters. The third kappa shape index (κ3) is 3.98. The molecule has 6 heteroatoms. The summed E-state index contributed by atoms with van der Waals surface area (Å²) in [5.41, 5.74) is 0.267.